The number of aromatic nitrogens is 2. The Hall–Kier alpha value is -3.35. The van der Waals surface area contributed by atoms with Gasteiger partial charge < -0.3 is 5.32 Å². The minimum absolute atomic E-state index is 0.121. The van der Waals surface area contributed by atoms with Crippen LogP contribution in [0.25, 0.3) is 5.69 Å². The van der Waals surface area contributed by atoms with Crippen molar-refractivity contribution in [3.8, 4) is 5.69 Å². The molecule has 1 heterocycles. The Morgan fingerprint density at radius 3 is 2.44 bits per heavy atom. The molecule has 0 spiro atoms. The van der Waals surface area contributed by atoms with Crippen LogP contribution in [0.1, 0.15) is 16.2 Å². The molecule has 5 nitrogen and oxygen atoms in total. The number of hydrogen-bond acceptors (Lipinski definition) is 3. The number of nitrogens with zero attached hydrogens (tertiary/aromatic N) is 2. The Labute approximate surface area is 141 Å². The molecule has 7 heteroatoms. The van der Waals surface area contributed by atoms with E-state index in [2.05, 4.69) is 10.4 Å². The maximum absolute atomic E-state index is 14.0. The number of aryl methyl sites for hydroxylation is 1. The van der Waals surface area contributed by atoms with Crippen LogP contribution in [0.4, 0.5) is 14.5 Å². The van der Waals surface area contributed by atoms with E-state index in [0.717, 1.165) is 0 Å². The van der Waals surface area contributed by atoms with E-state index < -0.39 is 28.7 Å². The van der Waals surface area contributed by atoms with Crippen LogP contribution >= 0.6 is 0 Å². The number of anilines is 1. The minimum atomic E-state index is -0.762. The van der Waals surface area contributed by atoms with E-state index in [4.69, 9.17) is 0 Å². The molecule has 126 valence electrons. The Bertz CT molecular complexity index is 998. The number of para-hydroxylation sites is 1. The fourth-order valence-corrected chi connectivity index (χ4v) is 2.30. The molecule has 3 rings (SSSR count). The number of nitrogens with one attached hydrogen (secondary N) is 1. The van der Waals surface area contributed by atoms with Gasteiger partial charge in [-0.15, -0.1) is 0 Å². The molecule has 0 aliphatic rings. The molecular weight excluding hydrogens is 328 g/mol. The first kappa shape index (κ1) is 16.5. The van der Waals surface area contributed by atoms with Gasteiger partial charge in [0.1, 0.15) is 17.3 Å². The molecule has 0 aliphatic carbocycles. The first-order valence-corrected chi connectivity index (χ1v) is 7.38. The van der Waals surface area contributed by atoms with Crippen molar-refractivity contribution >= 4 is 11.6 Å². The summed E-state index contributed by atoms with van der Waals surface area (Å²) in [5.74, 6) is -1.75. The molecule has 0 radical (unpaired) electrons. The van der Waals surface area contributed by atoms with Crippen LogP contribution in [-0.2, 0) is 0 Å². The molecule has 2 aromatic carbocycles. The topological polar surface area (TPSA) is 64.0 Å². The first-order valence-electron chi connectivity index (χ1n) is 7.38. The van der Waals surface area contributed by atoms with E-state index >= 15 is 0 Å². The average Bonchev–Trinajstić information content (AvgIpc) is 2.58. The zero-order valence-electron chi connectivity index (χ0n) is 13.2. The molecule has 0 saturated carbocycles. The SMILES string of the molecule is Cc1cc(=O)c(C(=O)Nc2ccc(F)cc2)nn1-c1ccccc1F. The fourth-order valence-electron chi connectivity index (χ4n) is 2.30. The summed E-state index contributed by atoms with van der Waals surface area (Å²) in [5, 5.41) is 6.46. The number of benzene rings is 2. The molecule has 0 unspecified atom stereocenters. The van der Waals surface area contributed by atoms with E-state index in [0.29, 0.717) is 11.4 Å². The van der Waals surface area contributed by atoms with Gasteiger partial charge in [-0.3, -0.25) is 9.59 Å². The number of amides is 1. The van der Waals surface area contributed by atoms with Crippen LogP contribution in [0.2, 0.25) is 0 Å². The molecule has 0 saturated heterocycles. The van der Waals surface area contributed by atoms with Gasteiger partial charge in [-0.05, 0) is 43.3 Å². The zero-order chi connectivity index (χ0) is 18.0. The molecule has 3 aromatic rings. The van der Waals surface area contributed by atoms with Gasteiger partial charge in [0.25, 0.3) is 5.91 Å². The van der Waals surface area contributed by atoms with Gasteiger partial charge in [-0.1, -0.05) is 12.1 Å². The molecule has 0 atom stereocenters. The Morgan fingerprint density at radius 1 is 1.08 bits per heavy atom. The minimum Gasteiger partial charge on any atom is -0.320 e. The predicted molar refractivity (Wildman–Crippen MR) is 88.9 cm³/mol. The lowest BCUT2D eigenvalue weighted by atomic mass is 10.2. The summed E-state index contributed by atoms with van der Waals surface area (Å²) in [5.41, 5.74) is -0.169. The van der Waals surface area contributed by atoms with Crippen molar-refractivity contribution in [2.75, 3.05) is 5.32 Å². The van der Waals surface area contributed by atoms with Crippen molar-refractivity contribution in [1.82, 2.24) is 9.78 Å². The third-order valence-electron chi connectivity index (χ3n) is 3.51. The van der Waals surface area contributed by atoms with E-state index in [1.165, 1.54) is 53.2 Å². The van der Waals surface area contributed by atoms with Crippen LogP contribution in [-0.4, -0.2) is 15.7 Å². The normalized spacial score (nSPS) is 10.5. The second-order valence-electron chi connectivity index (χ2n) is 5.32. The highest BCUT2D eigenvalue weighted by Crippen LogP contribution is 2.14. The molecule has 0 fully saturated rings. The average molecular weight is 341 g/mol. The summed E-state index contributed by atoms with van der Waals surface area (Å²) >= 11 is 0. The molecule has 25 heavy (non-hydrogen) atoms. The van der Waals surface area contributed by atoms with Crippen LogP contribution in [0.3, 0.4) is 0 Å². The molecule has 1 amide bonds. The van der Waals surface area contributed by atoms with Gasteiger partial charge in [-0.2, -0.15) is 5.10 Å². The largest absolute Gasteiger partial charge is 0.320 e. The van der Waals surface area contributed by atoms with E-state index in [1.54, 1.807) is 13.0 Å². The number of halogens is 2. The second kappa shape index (κ2) is 6.64. The summed E-state index contributed by atoms with van der Waals surface area (Å²) in [6, 6.07) is 12.2. The van der Waals surface area contributed by atoms with Crippen molar-refractivity contribution in [1.29, 1.82) is 0 Å². The van der Waals surface area contributed by atoms with Crippen molar-refractivity contribution in [2.45, 2.75) is 6.92 Å². The number of hydrogen-bond donors (Lipinski definition) is 1. The third-order valence-corrected chi connectivity index (χ3v) is 3.51. The predicted octanol–water partition coefficient (Wildman–Crippen LogP) is 3.07. The summed E-state index contributed by atoms with van der Waals surface area (Å²) in [4.78, 5) is 24.4. The fraction of sp³-hybridized carbons (Fsp3) is 0.0556. The Kier molecular flexibility index (Phi) is 4.38. The van der Waals surface area contributed by atoms with Crippen molar-refractivity contribution in [3.05, 3.63) is 87.8 Å². The summed E-state index contributed by atoms with van der Waals surface area (Å²) in [7, 11) is 0. The Morgan fingerprint density at radius 2 is 1.76 bits per heavy atom. The van der Waals surface area contributed by atoms with Crippen LogP contribution in [0.15, 0.2) is 59.4 Å². The van der Waals surface area contributed by atoms with Gasteiger partial charge in [-0.25, -0.2) is 13.5 Å². The van der Waals surface area contributed by atoms with Crippen molar-refractivity contribution in [3.63, 3.8) is 0 Å². The number of carbonyl (C=O) groups excluding carboxylic acids is 1. The molecule has 0 aliphatic heterocycles. The standard InChI is InChI=1S/C18H13F2N3O2/c1-11-10-16(24)17(18(25)21-13-8-6-12(19)7-9-13)22-23(11)15-5-3-2-4-14(15)20/h2-10H,1H3,(H,21,25). The van der Waals surface area contributed by atoms with E-state index in [9.17, 15) is 18.4 Å². The third kappa shape index (κ3) is 3.45. The van der Waals surface area contributed by atoms with Crippen LogP contribution in [0.5, 0.6) is 0 Å². The lowest BCUT2D eigenvalue weighted by Gasteiger charge is -2.12. The van der Waals surface area contributed by atoms with Gasteiger partial charge in [0.15, 0.2) is 5.69 Å². The molecule has 1 aromatic heterocycles. The summed E-state index contributed by atoms with van der Waals surface area (Å²) in [6.07, 6.45) is 0. The number of carbonyl (C=O) groups is 1. The molecule has 1 N–H and O–H groups in total. The van der Waals surface area contributed by atoms with E-state index in [-0.39, 0.29) is 5.69 Å². The van der Waals surface area contributed by atoms with Gasteiger partial charge in [0.05, 0.1) is 0 Å². The highest BCUT2D eigenvalue weighted by Gasteiger charge is 2.16. The van der Waals surface area contributed by atoms with Gasteiger partial charge >= 0.3 is 0 Å². The lowest BCUT2D eigenvalue weighted by molar-refractivity contribution is 0.101. The monoisotopic (exact) mass is 341 g/mol. The summed E-state index contributed by atoms with van der Waals surface area (Å²) in [6.45, 7) is 1.59. The smallest absolute Gasteiger partial charge is 0.280 e. The quantitative estimate of drug-likeness (QED) is 0.796. The highest BCUT2D eigenvalue weighted by atomic mass is 19.1. The molecular formula is C18H13F2N3O2. The highest BCUT2D eigenvalue weighted by molar-refractivity contribution is 6.02. The van der Waals surface area contributed by atoms with Crippen LogP contribution < -0.4 is 10.7 Å². The lowest BCUT2D eigenvalue weighted by Crippen LogP contribution is -2.27. The molecule has 0 bridgehead atoms. The van der Waals surface area contributed by atoms with Crippen molar-refractivity contribution < 1.29 is 13.6 Å². The van der Waals surface area contributed by atoms with Crippen LogP contribution in [0, 0.1) is 18.6 Å². The van der Waals surface area contributed by atoms with Crippen molar-refractivity contribution in [2.24, 2.45) is 0 Å². The maximum atomic E-state index is 14.0. The Balaban J connectivity index is 2.00. The zero-order valence-corrected chi connectivity index (χ0v) is 13.2. The van der Waals surface area contributed by atoms with Gasteiger partial charge in [0.2, 0.25) is 5.43 Å². The van der Waals surface area contributed by atoms with Gasteiger partial charge in [0, 0.05) is 17.4 Å². The van der Waals surface area contributed by atoms with E-state index in [1.807, 2.05) is 0 Å². The number of rotatable bonds is 3. The second-order valence-corrected chi connectivity index (χ2v) is 5.32. The first-order chi connectivity index (χ1) is 12.0. The summed E-state index contributed by atoms with van der Waals surface area (Å²) < 4.78 is 28.1. The maximum Gasteiger partial charge on any atom is 0.280 e.